The molecule has 204 valence electrons. The molecule has 2 amide bonds. The number of rotatable bonds is 4. The van der Waals surface area contributed by atoms with Gasteiger partial charge in [-0.25, -0.2) is 4.39 Å². The Balaban J connectivity index is 1.54. The predicted molar refractivity (Wildman–Crippen MR) is 151 cm³/mol. The van der Waals surface area contributed by atoms with Crippen LogP contribution in [0.15, 0.2) is 54.9 Å². The van der Waals surface area contributed by atoms with E-state index in [1.165, 1.54) is 12.1 Å². The van der Waals surface area contributed by atoms with E-state index in [-0.39, 0.29) is 17.6 Å². The van der Waals surface area contributed by atoms with E-state index in [0.717, 1.165) is 65.4 Å². The number of hydrogen-bond acceptors (Lipinski definition) is 3. The second-order valence-corrected chi connectivity index (χ2v) is 10.4. The first-order valence-corrected chi connectivity index (χ1v) is 13.9. The van der Waals surface area contributed by atoms with E-state index >= 15 is 0 Å². The van der Waals surface area contributed by atoms with Crippen LogP contribution in [0.2, 0.25) is 0 Å². The fourth-order valence-corrected chi connectivity index (χ4v) is 5.61. The number of aryl methyl sites for hydroxylation is 1. The van der Waals surface area contributed by atoms with Gasteiger partial charge in [0, 0.05) is 55.5 Å². The van der Waals surface area contributed by atoms with Gasteiger partial charge in [-0.15, -0.1) is 0 Å². The van der Waals surface area contributed by atoms with Crippen molar-refractivity contribution in [2.75, 3.05) is 18.0 Å². The SMILES string of the molecule is CCc1c(C(=O)N2CCCCCCCN(C(C)=O)c3cc(Cn4cccn4)ccc3C2)[nH]c2ccc(F)cc12. The van der Waals surface area contributed by atoms with E-state index in [1.807, 2.05) is 39.7 Å². The Bertz CT molecular complexity index is 1460. The summed E-state index contributed by atoms with van der Waals surface area (Å²) in [5.74, 6) is -0.416. The summed E-state index contributed by atoms with van der Waals surface area (Å²) in [5.41, 5.74) is 4.94. The molecule has 0 spiro atoms. The minimum Gasteiger partial charge on any atom is -0.350 e. The molecule has 39 heavy (non-hydrogen) atoms. The first kappa shape index (κ1) is 26.7. The zero-order valence-corrected chi connectivity index (χ0v) is 22.8. The highest BCUT2D eigenvalue weighted by Crippen LogP contribution is 2.29. The number of aromatic amines is 1. The number of nitrogens with zero attached hydrogens (tertiary/aromatic N) is 4. The van der Waals surface area contributed by atoms with Crippen molar-refractivity contribution < 1.29 is 14.0 Å². The minimum absolute atomic E-state index is 0.00617. The second kappa shape index (κ2) is 11.8. The van der Waals surface area contributed by atoms with Gasteiger partial charge in [-0.05, 0) is 66.3 Å². The molecule has 0 saturated heterocycles. The van der Waals surface area contributed by atoms with Crippen LogP contribution < -0.4 is 4.90 Å². The highest BCUT2D eigenvalue weighted by molar-refractivity contribution is 6.01. The van der Waals surface area contributed by atoms with Crippen LogP contribution in [0, 0.1) is 5.82 Å². The van der Waals surface area contributed by atoms with Crippen LogP contribution in [0.25, 0.3) is 10.9 Å². The number of carbonyl (C=O) groups excluding carboxylic acids is 2. The first-order valence-electron chi connectivity index (χ1n) is 13.9. The van der Waals surface area contributed by atoms with Crippen molar-refractivity contribution in [2.45, 2.75) is 65.5 Å². The monoisotopic (exact) mass is 529 g/mol. The third kappa shape index (κ3) is 5.90. The lowest BCUT2D eigenvalue weighted by Gasteiger charge is -2.29. The molecule has 7 nitrogen and oxygen atoms in total. The number of hydrogen-bond donors (Lipinski definition) is 1. The molecule has 5 rings (SSSR count). The van der Waals surface area contributed by atoms with Gasteiger partial charge in [0.15, 0.2) is 0 Å². The molecule has 0 fully saturated rings. The molecule has 3 heterocycles. The molecule has 0 saturated carbocycles. The van der Waals surface area contributed by atoms with Crippen LogP contribution >= 0.6 is 0 Å². The highest BCUT2D eigenvalue weighted by atomic mass is 19.1. The summed E-state index contributed by atoms with van der Waals surface area (Å²) in [5, 5.41) is 5.08. The van der Waals surface area contributed by atoms with E-state index in [0.29, 0.717) is 38.3 Å². The Hall–Kier alpha value is -3.94. The maximum atomic E-state index is 14.1. The molecule has 4 aromatic rings. The quantitative estimate of drug-likeness (QED) is 0.349. The zero-order chi connectivity index (χ0) is 27.4. The van der Waals surface area contributed by atoms with E-state index < -0.39 is 0 Å². The van der Waals surface area contributed by atoms with Crippen LogP contribution in [-0.2, 0) is 24.3 Å². The molecule has 0 aliphatic carbocycles. The van der Waals surface area contributed by atoms with Gasteiger partial charge in [0.05, 0.1) is 6.54 Å². The second-order valence-electron chi connectivity index (χ2n) is 10.4. The molecule has 0 radical (unpaired) electrons. The van der Waals surface area contributed by atoms with Gasteiger partial charge < -0.3 is 14.8 Å². The maximum absolute atomic E-state index is 14.1. The fourth-order valence-electron chi connectivity index (χ4n) is 5.61. The van der Waals surface area contributed by atoms with Gasteiger partial charge in [-0.1, -0.05) is 38.3 Å². The van der Waals surface area contributed by atoms with E-state index in [9.17, 15) is 14.0 Å². The number of fused-ring (bicyclic) bond motifs is 2. The molecule has 0 unspecified atom stereocenters. The molecule has 2 aromatic carbocycles. The van der Waals surface area contributed by atoms with Crippen LogP contribution in [-0.4, -0.2) is 44.6 Å². The van der Waals surface area contributed by atoms with E-state index in [4.69, 9.17) is 0 Å². The number of carbonyl (C=O) groups is 2. The fraction of sp³-hybridized carbons (Fsp3) is 0.387. The van der Waals surface area contributed by atoms with Crippen LogP contribution in [0.5, 0.6) is 0 Å². The van der Waals surface area contributed by atoms with Crippen molar-refractivity contribution in [3.8, 4) is 0 Å². The molecule has 0 bridgehead atoms. The smallest absolute Gasteiger partial charge is 0.270 e. The van der Waals surface area contributed by atoms with Gasteiger partial charge in [0.1, 0.15) is 11.5 Å². The summed E-state index contributed by atoms with van der Waals surface area (Å²) in [6, 6.07) is 12.7. The number of amides is 2. The standard InChI is InChI=1S/C31H36FN5O2/c1-3-26-27-19-25(32)12-13-28(27)34-30(26)31(39)35-15-7-5-4-6-8-17-37(22(2)38)29-18-23(10-11-24(29)21-35)20-36-16-9-14-33-36/h9-14,16,18-19,34H,3-8,15,17,20-21H2,1-2H3. The lowest BCUT2D eigenvalue weighted by molar-refractivity contribution is -0.116. The van der Waals surface area contributed by atoms with Gasteiger partial charge in [0.25, 0.3) is 5.91 Å². The van der Waals surface area contributed by atoms with Crippen molar-refractivity contribution in [1.29, 1.82) is 0 Å². The van der Waals surface area contributed by atoms with Crippen LogP contribution in [0.4, 0.5) is 10.1 Å². The third-order valence-corrected chi connectivity index (χ3v) is 7.62. The highest BCUT2D eigenvalue weighted by Gasteiger charge is 2.25. The number of nitrogens with one attached hydrogen (secondary N) is 1. The zero-order valence-electron chi connectivity index (χ0n) is 22.8. The molecule has 1 aliphatic heterocycles. The lowest BCUT2D eigenvalue weighted by Crippen LogP contribution is -2.35. The number of aromatic nitrogens is 3. The Morgan fingerprint density at radius 1 is 1.03 bits per heavy atom. The lowest BCUT2D eigenvalue weighted by atomic mass is 10.0. The summed E-state index contributed by atoms with van der Waals surface area (Å²) < 4.78 is 15.9. The van der Waals surface area contributed by atoms with Crippen molar-refractivity contribution >= 4 is 28.4 Å². The number of benzene rings is 2. The van der Waals surface area contributed by atoms with E-state index in [2.05, 4.69) is 22.2 Å². The van der Waals surface area contributed by atoms with Gasteiger partial charge in [0.2, 0.25) is 5.91 Å². The van der Waals surface area contributed by atoms with Crippen molar-refractivity contribution in [3.63, 3.8) is 0 Å². The normalized spacial score (nSPS) is 15.1. The Labute approximate surface area is 228 Å². The van der Waals surface area contributed by atoms with Gasteiger partial charge >= 0.3 is 0 Å². The minimum atomic E-state index is -0.314. The summed E-state index contributed by atoms with van der Waals surface area (Å²) in [4.78, 5) is 33.9. The third-order valence-electron chi connectivity index (χ3n) is 7.62. The summed E-state index contributed by atoms with van der Waals surface area (Å²) >= 11 is 0. The first-order chi connectivity index (χ1) is 18.9. The summed E-state index contributed by atoms with van der Waals surface area (Å²) in [7, 11) is 0. The molecule has 8 heteroatoms. The molecule has 1 N–H and O–H groups in total. The molecule has 1 aliphatic rings. The Kier molecular flexibility index (Phi) is 8.10. The summed E-state index contributed by atoms with van der Waals surface area (Å²) in [6.45, 7) is 5.83. The number of halogens is 1. The Morgan fingerprint density at radius 3 is 2.56 bits per heavy atom. The predicted octanol–water partition coefficient (Wildman–Crippen LogP) is 6.07. The molecular formula is C31H36FN5O2. The average Bonchev–Trinajstić information content (AvgIpc) is 3.56. The van der Waals surface area contributed by atoms with Crippen molar-refractivity contribution in [3.05, 3.63) is 83.1 Å². The molecular weight excluding hydrogens is 493 g/mol. The summed E-state index contributed by atoms with van der Waals surface area (Å²) in [6.07, 6.45) is 9.26. The molecule has 2 aromatic heterocycles. The van der Waals surface area contributed by atoms with Crippen LogP contribution in [0.1, 0.15) is 73.1 Å². The Morgan fingerprint density at radius 2 is 1.82 bits per heavy atom. The molecule has 0 atom stereocenters. The topological polar surface area (TPSA) is 74.2 Å². The van der Waals surface area contributed by atoms with Gasteiger partial charge in [-0.2, -0.15) is 5.10 Å². The number of H-pyrrole nitrogens is 1. The number of anilines is 1. The largest absolute Gasteiger partial charge is 0.350 e. The van der Waals surface area contributed by atoms with Crippen LogP contribution in [0.3, 0.4) is 0 Å². The van der Waals surface area contributed by atoms with Gasteiger partial charge in [-0.3, -0.25) is 14.3 Å². The van der Waals surface area contributed by atoms with Crippen molar-refractivity contribution in [2.24, 2.45) is 0 Å². The van der Waals surface area contributed by atoms with E-state index in [1.54, 1.807) is 19.2 Å². The maximum Gasteiger partial charge on any atom is 0.270 e. The van der Waals surface area contributed by atoms with Crippen molar-refractivity contribution in [1.82, 2.24) is 19.7 Å². The average molecular weight is 530 g/mol.